The minimum atomic E-state index is 0.240. The van der Waals surface area contributed by atoms with E-state index in [2.05, 4.69) is 22.6 Å². The average Bonchev–Trinajstić information content (AvgIpc) is 3.04. The topological polar surface area (TPSA) is 41.3 Å². The fourth-order valence-corrected chi connectivity index (χ4v) is 3.56. The molecule has 2 aliphatic heterocycles. The summed E-state index contributed by atoms with van der Waals surface area (Å²) in [5.74, 6) is 2.15. The third kappa shape index (κ3) is 2.70. The highest BCUT2D eigenvalue weighted by Gasteiger charge is 2.25. The summed E-state index contributed by atoms with van der Waals surface area (Å²) in [6.45, 7) is 7.19. The lowest BCUT2D eigenvalue weighted by molar-refractivity contribution is 0.238. The summed E-state index contributed by atoms with van der Waals surface area (Å²) in [4.78, 5) is 7.33. The summed E-state index contributed by atoms with van der Waals surface area (Å²) in [5.41, 5.74) is 1.23. The normalized spacial score (nSPS) is 27.7. The number of rotatable bonds is 4. The Morgan fingerprint density at radius 2 is 2.26 bits per heavy atom. The fraction of sp³-hybridized carbons (Fsp3) is 0.800. The van der Waals surface area contributed by atoms with Crippen LogP contribution in [0.1, 0.15) is 43.6 Å². The summed E-state index contributed by atoms with van der Waals surface area (Å²) in [5, 5.41) is 9.44. The summed E-state index contributed by atoms with van der Waals surface area (Å²) in [7, 11) is 0. The molecule has 0 amide bonds. The predicted octanol–water partition coefficient (Wildman–Crippen LogP) is 1.64. The lowest BCUT2D eigenvalue weighted by atomic mass is 10.0. The molecule has 0 bridgehead atoms. The maximum absolute atomic E-state index is 9.44. The molecule has 1 aromatic heterocycles. The molecule has 0 saturated carbocycles. The van der Waals surface area contributed by atoms with Crippen molar-refractivity contribution < 1.29 is 5.11 Å². The van der Waals surface area contributed by atoms with Crippen LogP contribution >= 0.6 is 0 Å². The van der Waals surface area contributed by atoms with Crippen LogP contribution in [-0.2, 0) is 13.0 Å². The van der Waals surface area contributed by atoms with Gasteiger partial charge in [-0.2, -0.15) is 0 Å². The first-order chi connectivity index (χ1) is 9.30. The van der Waals surface area contributed by atoms with E-state index in [0.29, 0.717) is 0 Å². The van der Waals surface area contributed by atoms with E-state index in [-0.39, 0.29) is 12.5 Å². The molecule has 4 heteroatoms. The molecule has 106 valence electrons. The number of fused-ring (bicyclic) bond motifs is 1. The predicted molar refractivity (Wildman–Crippen MR) is 75.2 cm³/mol. The molecule has 2 aliphatic rings. The van der Waals surface area contributed by atoms with Crippen molar-refractivity contribution in [1.29, 1.82) is 0 Å². The third-order valence-electron chi connectivity index (χ3n) is 4.71. The van der Waals surface area contributed by atoms with Crippen LogP contribution in [0.25, 0.3) is 0 Å². The van der Waals surface area contributed by atoms with Crippen molar-refractivity contribution >= 4 is 0 Å². The number of aliphatic hydroxyl groups is 1. The Morgan fingerprint density at radius 3 is 3.00 bits per heavy atom. The molecule has 2 unspecified atom stereocenters. The van der Waals surface area contributed by atoms with Crippen LogP contribution in [-0.4, -0.2) is 45.8 Å². The van der Waals surface area contributed by atoms with Crippen LogP contribution in [0, 0.1) is 5.92 Å². The molecule has 1 fully saturated rings. The Hall–Kier alpha value is -0.870. The maximum Gasteiger partial charge on any atom is 0.114 e. The van der Waals surface area contributed by atoms with Gasteiger partial charge < -0.3 is 14.6 Å². The van der Waals surface area contributed by atoms with E-state index in [4.69, 9.17) is 4.98 Å². The highest BCUT2D eigenvalue weighted by molar-refractivity contribution is 5.11. The van der Waals surface area contributed by atoms with E-state index in [1.54, 1.807) is 0 Å². The summed E-state index contributed by atoms with van der Waals surface area (Å²) < 4.78 is 2.27. The molecule has 19 heavy (non-hydrogen) atoms. The molecule has 0 aromatic carbocycles. The van der Waals surface area contributed by atoms with Crippen molar-refractivity contribution in [3.05, 3.63) is 17.7 Å². The number of aryl methyl sites for hydroxylation is 1. The number of imidazole rings is 1. The van der Waals surface area contributed by atoms with Crippen LogP contribution in [0.15, 0.2) is 6.20 Å². The SMILES string of the molecule is CCN1CCC(Cc2cn3c(n2)C(CO)CCC3)C1. The van der Waals surface area contributed by atoms with Gasteiger partial charge in [-0.1, -0.05) is 6.92 Å². The molecule has 0 radical (unpaired) electrons. The first kappa shape index (κ1) is 13.1. The second-order valence-corrected chi connectivity index (χ2v) is 6.06. The van der Waals surface area contributed by atoms with Gasteiger partial charge in [-0.05, 0) is 44.7 Å². The largest absolute Gasteiger partial charge is 0.396 e. The number of hydrogen-bond donors (Lipinski definition) is 1. The number of likely N-dealkylation sites (tertiary alicyclic amines) is 1. The molecule has 1 N–H and O–H groups in total. The van der Waals surface area contributed by atoms with Gasteiger partial charge in [0.25, 0.3) is 0 Å². The van der Waals surface area contributed by atoms with Crippen molar-refractivity contribution in [2.45, 2.75) is 45.1 Å². The van der Waals surface area contributed by atoms with Gasteiger partial charge in [-0.25, -0.2) is 4.98 Å². The highest BCUT2D eigenvalue weighted by Crippen LogP contribution is 2.28. The maximum atomic E-state index is 9.44. The summed E-state index contributed by atoms with van der Waals surface area (Å²) in [6, 6.07) is 0. The minimum Gasteiger partial charge on any atom is -0.396 e. The quantitative estimate of drug-likeness (QED) is 0.898. The summed E-state index contributed by atoms with van der Waals surface area (Å²) in [6.07, 6.45) is 6.89. The van der Waals surface area contributed by atoms with Gasteiger partial charge in [0, 0.05) is 25.2 Å². The molecule has 3 rings (SSSR count). The molecular weight excluding hydrogens is 238 g/mol. The molecule has 2 atom stereocenters. The summed E-state index contributed by atoms with van der Waals surface area (Å²) >= 11 is 0. The van der Waals surface area contributed by atoms with Crippen molar-refractivity contribution in [3.8, 4) is 0 Å². The first-order valence-electron chi connectivity index (χ1n) is 7.69. The van der Waals surface area contributed by atoms with Crippen LogP contribution < -0.4 is 0 Å². The van der Waals surface area contributed by atoms with Crippen LogP contribution in [0.5, 0.6) is 0 Å². The fourth-order valence-electron chi connectivity index (χ4n) is 3.56. The second-order valence-electron chi connectivity index (χ2n) is 6.06. The molecule has 1 aromatic rings. The zero-order valence-electron chi connectivity index (χ0n) is 11.9. The molecule has 0 spiro atoms. The first-order valence-corrected chi connectivity index (χ1v) is 7.69. The molecule has 0 aliphatic carbocycles. The Kier molecular flexibility index (Phi) is 3.89. The lowest BCUT2D eigenvalue weighted by Gasteiger charge is -2.21. The van der Waals surface area contributed by atoms with E-state index in [0.717, 1.165) is 31.1 Å². The minimum absolute atomic E-state index is 0.240. The Morgan fingerprint density at radius 1 is 1.37 bits per heavy atom. The van der Waals surface area contributed by atoms with Crippen LogP contribution in [0.4, 0.5) is 0 Å². The lowest BCUT2D eigenvalue weighted by Crippen LogP contribution is -2.20. The number of aromatic nitrogens is 2. The second kappa shape index (κ2) is 5.63. The number of hydrogen-bond acceptors (Lipinski definition) is 3. The van der Waals surface area contributed by atoms with Crippen molar-refractivity contribution in [2.75, 3.05) is 26.2 Å². The zero-order valence-corrected chi connectivity index (χ0v) is 11.9. The van der Waals surface area contributed by atoms with Gasteiger partial charge in [-0.3, -0.25) is 0 Å². The number of aliphatic hydroxyl groups excluding tert-OH is 1. The highest BCUT2D eigenvalue weighted by atomic mass is 16.3. The van der Waals surface area contributed by atoms with E-state index in [1.807, 2.05) is 0 Å². The van der Waals surface area contributed by atoms with Crippen molar-refractivity contribution in [1.82, 2.24) is 14.5 Å². The zero-order chi connectivity index (χ0) is 13.2. The molecular formula is C15H25N3O. The molecule has 1 saturated heterocycles. The van der Waals surface area contributed by atoms with E-state index in [9.17, 15) is 5.11 Å². The van der Waals surface area contributed by atoms with Gasteiger partial charge in [0.15, 0.2) is 0 Å². The van der Waals surface area contributed by atoms with E-state index in [1.165, 1.54) is 38.2 Å². The van der Waals surface area contributed by atoms with Crippen LogP contribution in [0.3, 0.4) is 0 Å². The van der Waals surface area contributed by atoms with Gasteiger partial charge in [0.05, 0.1) is 12.3 Å². The van der Waals surface area contributed by atoms with Crippen molar-refractivity contribution in [2.24, 2.45) is 5.92 Å². The standard InChI is InChI=1S/C15H25N3O/c1-2-17-7-5-12(9-17)8-14-10-18-6-3-4-13(11-19)15(18)16-14/h10,12-13,19H,2-9,11H2,1H3. The smallest absolute Gasteiger partial charge is 0.114 e. The molecule has 3 heterocycles. The van der Waals surface area contributed by atoms with Gasteiger partial charge in [-0.15, -0.1) is 0 Å². The number of nitrogens with zero attached hydrogens (tertiary/aromatic N) is 3. The Bertz CT molecular complexity index is 429. The van der Waals surface area contributed by atoms with Gasteiger partial charge in [0.1, 0.15) is 5.82 Å². The Balaban J connectivity index is 1.68. The monoisotopic (exact) mass is 263 g/mol. The van der Waals surface area contributed by atoms with Gasteiger partial charge in [0.2, 0.25) is 0 Å². The van der Waals surface area contributed by atoms with E-state index >= 15 is 0 Å². The van der Waals surface area contributed by atoms with E-state index < -0.39 is 0 Å². The van der Waals surface area contributed by atoms with Gasteiger partial charge >= 0.3 is 0 Å². The average molecular weight is 263 g/mol. The van der Waals surface area contributed by atoms with Crippen molar-refractivity contribution in [3.63, 3.8) is 0 Å². The molecule has 4 nitrogen and oxygen atoms in total. The Labute approximate surface area is 115 Å². The third-order valence-corrected chi connectivity index (χ3v) is 4.71. The van der Waals surface area contributed by atoms with Crippen LogP contribution in [0.2, 0.25) is 0 Å².